The van der Waals surface area contributed by atoms with Gasteiger partial charge in [0.15, 0.2) is 0 Å². The second-order valence-electron chi connectivity index (χ2n) is 39.1. The highest BCUT2D eigenvalue weighted by Gasteiger charge is 2.51. The number of nitrogens with zero attached hydrogens (tertiary/aromatic N) is 2. The van der Waals surface area contributed by atoms with E-state index in [9.17, 15) is 78.0 Å². The van der Waals surface area contributed by atoms with Gasteiger partial charge in [-0.05, 0) is 227 Å². The van der Waals surface area contributed by atoms with Crippen LogP contribution in [-0.4, -0.2) is 277 Å². The Morgan fingerprint density at radius 2 is 1.17 bits per heavy atom. The van der Waals surface area contributed by atoms with Crippen LogP contribution in [0.15, 0.2) is 112 Å². The minimum atomic E-state index is -2.11. The quantitative estimate of drug-likeness (QED) is 0.0595. The van der Waals surface area contributed by atoms with Gasteiger partial charge in [0.25, 0.3) is 0 Å². The molecule has 5 aliphatic heterocycles. The number of rotatable bonds is 17. The molecule has 42 nitrogen and oxygen atoms in total. The molecule has 0 saturated carbocycles. The highest BCUT2D eigenvalue weighted by molar-refractivity contribution is 7.17. The zero-order chi connectivity index (χ0) is 105. The minimum Gasteiger partial charge on any atom is -0.481 e. The maximum atomic E-state index is 16.1. The molecule has 8 heterocycles. The molecule has 5 aromatic rings. The van der Waals surface area contributed by atoms with Gasteiger partial charge in [-0.1, -0.05) is 75.4 Å². The van der Waals surface area contributed by atoms with Crippen molar-refractivity contribution in [3.63, 3.8) is 0 Å². The number of cyclic esters (lactones) is 1. The summed E-state index contributed by atoms with van der Waals surface area (Å²) in [6.07, 6.45) is 1.03. The molecular weight excluding hydrogens is 1920 g/mol. The van der Waals surface area contributed by atoms with E-state index in [4.69, 9.17) is 10.5 Å². The van der Waals surface area contributed by atoms with Gasteiger partial charge >= 0.3 is 24.0 Å². The normalized spacial score (nSPS) is 27.3. The minimum absolute atomic E-state index is 0.0226. The van der Waals surface area contributed by atoms with Crippen molar-refractivity contribution in [2.75, 3.05) is 32.8 Å². The van der Waals surface area contributed by atoms with Crippen LogP contribution in [0.5, 0.6) is 0 Å². The van der Waals surface area contributed by atoms with E-state index in [1.165, 1.54) is 103 Å². The van der Waals surface area contributed by atoms with Crippen LogP contribution in [0.25, 0.3) is 10.1 Å². The lowest BCUT2D eigenvalue weighted by molar-refractivity contribution is -0.146. The van der Waals surface area contributed by atoms with Crippen LogP contribution in [0.4, 0.5) is 4.79 Å². The number of nitrogens with one attached hydrogen (secondary N) is 15. The lowest BCUT2D eigenvalue weighted by Crippen LogP contribution is -2.67. The first-order valence-electron chi connectivity index (χ1n) is 48.5. The summed E-state index contributed by atoms with van der Waals surface area (Å²) in [7, 11) is 0. The Labute approximate surface area is 845 Å². The highest BCUT2D eigenvalue weighted by atomic mass is 32.1. The molecule has 2 unspecified atom stereocenters. The topological polar surface area (TPSA) is 627 Å². The molecule has 10 rings (SSSR count). The number of likely N-dealkylation sites (tertiary alicyclic amines) is 1. The van der Waals surface area contributed by atoms with Crippen molar-refractivity contribution >= 4 is 157 Å². The van der Waals surface area contributed by atoms with E-state index >= 15 is 33.6 Å². The third kappa shape index (κ3) is 32.7. The number of aromatic carboxylic acids is 1. The van der Waals surface area contributed by atoms with Gasteiger partial charge in [0.05, 0.1) is 48.7 Å². The summed E-state index contributed by atoms with van der Waals surface area (Å²) in [6, 6.07) is -3.38. The Balaban J connectivity index is 1.04. The summed E-state index contributed by atoms with van der Waals surface area (Å²) >= 11 is 3.99. The molecule has 3 fully saturated rings. The third-order valence-electron chi connectivity index (χ3n) is 26.0. The van der Waals surface area contributed by atoms with Crippen molar-refractivity contribution in [1.82, 2.24) is 89.6 Å². The third-order valence-corrected chi connectivity index (χ3v) is 28.5. The van der Waals surface area contributed by atoms with Crippen LogP contribution >= 0.6 is 34.0 Å². The lowest BCUT2D eigenvalue weighted by Gasteiger charge is -2.41. The smallest absolute Gasteiger partial charge is 0.409 e. The Morgan fingerprint density at radius 1 is 0.583 bits per heavy atom. The monoisotopic (exact) mass is 2050 g/mol. The largest absolute Gasteiger partial charge is 0.481 e. The number of amides is 16. The van der Waals surface area contributed by atoms with Crippen LogP contribution in [-0.2, 0) is 112 Å². The van der Waals surface area contributed by atoms with Crippen molar-refractivity contribution in [2.45, 2.75) is 304 Å². The molecule has 3 aromatic heterocycles. The summed E-state index contributed by atoms with van der Waals surface area (Å²) in [5.41, 5.74) is 0.708. The van der Waals surface area contributed by atoms with Gasteiger partial charge in [0.1, 0.15) is 71.7 Å². The number of aliphatic hydroxyl groups is 1. The number of allylic oxidation sites excluding steroid dienone is 3. The molecule has 0 radical (unpaired) electrons. The predicted molar refractivity (Wildman–Crippen MR) is 532 cm³/mol. The van der Waals surface area contributed by atoms with Crippen LogP contribution in [0.3, 0.4) is 0 Å². The fraction of sp³-hybridized carbons (Fsp3) is 0.545. The number of aliphatic hydroxyl groups excluding tert-OH is 1. The molecular formula is C99H134N18O24S3. The summed E-state index contributed by atoms with van der Waals surface area (Å²) < 4.78 is 6.84. The van der Waals surface area contributed by atoms with Crippen molar-refractivity contribution in [3.8, 4) is 0 Å². The van der Waals surface area contributed by atoms with E-state index in [1.807, 2.05) is 29.6 Å². The van der Waals surface area contributed by atoms with Gasteiger partial charge in [0, 0.05) is 69.5 Å². The lowest BCUT2D eigenvalue weighted by atomic mass is 9.83. The first-order valence-corrected chi connectivity index (χ1v) is 51.3. The molecule has 2 spiro atoms. The van der Waals surface area contributed by atoms with Gasteiger partial charge in [0.2, 0.25) is 88.6 Å². The molecule has 5 aliphatic rings. The van der Waals surface area contributed by atoms with Gasteiger partial charge in [-0.15, -0.1) is 11.3 Å². The number of carbonyl (C=O) groups excluding carboxylic acids is 16. The van der Waals surface area contributed by atoms with Gasteiger partial charge < -0.3 is 110 Å². The first-order chi connectivity index (χ1) is 68.3. The Bertz CT molecular complexity index is 5510. The number of carboxylic acids is 3. The first kappa shape index (κ1) is 113. The number of fused-ring (bicyclic) bond motifs is 4. The SMILES string of the molecule is CC(=O)N1CCC[C@]12C/C=C/CCC[C@@]1(CCCC=CCCCOC(=O)N3CC4N[C@@H](Cc5ccsc5)C(=O)N[C@@H](Cc5csc6ccccc56)C(=O)N[C@H](C(=O)N[C@@H](C)C(N)=O)CCC(=O)NCCCC[C@H](NC(=O)[C@H](Cc5ccsc5)NC(=O)[C@H](C)NC(=O)C(C)(C)NC(=O)[C@H](Cc5cccc(C(=O)O)c5)NC(=O)[C@H](CC(=O)O)NC1=O)C(=O)N[C@@H]4C3)NC(O)[C@H](CC(C)(C)C)NC(=O)[C@H](CC(=O)O)NC2=O. The number of aliphatic carboxylic acids is 2. The van der Waals surface area contributed by atoms with Crippen molar-refractivity contribution in [1.29, 1.82) is 0 Å². The number of thiophene rings is 3. The molecule has 2 aromatic carbocycles. The molecule has 21 N–H and O–H groups in total. The molecule has 144 heavy (non-hydrogen) atoms. The van der Waals surface area contributed by atoms with Crippen LogP contribution in [0.1, 0.15) is 210 Å². The fourth-order valence-electron chi connectivity index (χ4n) is 18.2. The average Bonchev–Trinajstić information content (AvgIpc) is 1.65. The van der Waals surface area contributed by atoms with E-state index in [0.717, 1.165) is 10.1 Å². The number of ether oxygens (including phenoxy) is 1. The summed E-state index contributed by atoms with van der Waals surface area (Å²) in [5.74, 6) is -18.1. The Morgan fingerprint density at radius 3 is 1.81 bits per heavy atom. The standard InChI is InChI=1S/C99H134N18O24S3/c1-56(80(100)124)102-82(126)66-30-31-77(119)101-38-21-17-28-65-83(127)111-75-52-116(51-74(75)104-67(45-60-32-41-142-53-60)84(128)109-70(86(130)106-66)47-63-55-144-76-29-16-15-27-64(63)76)95(140)141-40-22-14-10-9-11-18-34-98(35-19-12-13-20-36-99(37-24-39-117(99)58(3)118)94(139)113-72(49-79(122)123)88(132)110-73(90(134)115-98)50-96(4,5)6)93(138)112-71(48-78(120)121)87(131)108-69(44-59-25-23-26-62(43-59)91(135)136)89(133)114-97(7,8)92(137)103-57(2)81(125)107-68(85(129)105-65)46-61-33-42-143-54-61/h9-10,13,15-16,20,23,25-27,29,32-33,41-43,53-57,65-75,90,104,115,134H,11-12,14,17-19,21-22,24,28,30-31,34-40,44-52H2,1-8H3,(H2,100,124)(H,101,119)(H,102,126)(H,103,137)(H,105,129)(H,106,130)(H,107,125)(H,108,131)(H,109,128)(H,110,132)(H,111,127)(H,112,138)(H,113,139)(H,114,133)(H,120,121)(H,122,123)(H,135,136)/b10-9?,20-13+/t56-,57-,65-,66-,67-,68-,69-,70-,71-,72-,73-,74?,75+,90?,98+,99-/m0/s1. The van der Waals surface area contributed by atoms with Crippen molar-refractivity contribution in [3.05, 3.63) is 140 Å². The van der Waals surface area contributed by atoms with Crippen LogP contribution in [0, 0.1) is 5.41 Å². The van der Waals surface area contributed by atoms with E-state index in [2.05, 4.69) is 79.8 Å². The molecule has 45 heteroatoms. The maximum absolute atomic E-state index is 16.1. The number of benzene rings is 2. The van der Waals surface area contributed by atoms with Crippen molar-refractivity contribution in [2.24, 2.45) is 11.1 Å². The molecule has 0 aliphatic carbocycles. The van der Waals surface area contributed by atoms with Gasteiger partial charge in [-0.25, -0.2) is 9.59 Å². The average molecular weight is 2060 g/mol. The van der Waals surface area contributed by atoms with E-state index in [0.29, 0.717) is 23.1 Å². The maximum Gasteiger partial charge on any atom is 0.409 e. The Hall–Kier alpha value is -13.1. The summed E-state index contributed by atoms with van der Waals surface area (Å²) in [5, 5.41) is 95.3. The number of hydrogen-bond acceptors (Lipinski definition) is 26. The molecule has 3 saturated heterocycles. The fourth-order valence-corrected chi connectivity index (χ4v) is 20.5. The van der Waals surface area contributed by atoms with E-state index in [1.54, 1.807) is 78.7 Å². The number of hydrogen-bond donors (Lipinski definition) is 20. The number of nitrogens with two attached hydrogens (primary N) is 1. The second kappa shape index (κ2) is 52.4. The highest BCUT2D eigenvalue weighted by Crippen LogP contribution is 2.36. The zero-order valence-corrected chi connectivity index (χ0v) is 84.5. The molecule has 16 amide bonds. The zero-order valence-electron chi connectivity index (χ0n) is 82.0. The number of primary amides is 1. The van der Waals surface area contributed by atoms with Gasteiger partial charge in [-0.2, -0.15) is 22.7 Å². The predicted octanol–water partition coefficient (Wildman–Crippen LogP) is 2.67. The molecule has 16 atom stereocenters. The molecule has 3 bridgehead atoms. The number of carbonyl (C=O) groups is 19. The summed E-state index contributed by atoms with van der Waals surface area (Å²) in [6.45, 7) is 11.0. The van der Waals surface area contributed by atoms with Crippen LogP contribution in [0.2, 0.25) is 0 Å². The Kier molecular flexibility index (Phi) is 41.1. The van der Waals surface area contributed by atoms with Crippen molar-refractivity contribution < 1.29 is 116 Å². The number of carboxylic acid groups (broad SMARTS) is 3. The summed E-state index contributed by atoms with van der Waals surface area (Å²) in [4.78, 5) is 277. The van der Waals surface area contributed by atoms with E-state index in [-0.39, 0.29) is 166 Å². The van der Waals surface area contributed by atoms with E-state index < -0.39 is 239 Å². The van der Waals surface area contributed by atoms with Crippen LogP contribution < -0.4 is 85.5 Å². The molecule has 782 valence electrons. The second-order valence-corrected chi connectivity index (χ2v) is 41.6. The van der Waals surface area contributed by atoms with Gasteiger partial charge in [-0.3, -0.25) is 92.1 Å².